The molecule has 0 spiro atoms. The van der Waals surface area contributed by atoms with Crippen LogP contribution in [-0.4, -0.2) is 19.7 Å². The van der Waals surface area contributed by atoms with Crippen molar-refractivity contribution in [1.29, 1.82) is 5.26 Å². The maximum atomic E-state index is 11.7. The lowest BCUT2D eigenvalue weighted by Gasteiger charge is -2.10. The van der Waals surface area contributed by atoms with Gasteiger partial charge in [-0.3, -0.25) is 0 Å². The fourth-order valence-electron chi connectivity index (χ4n) is 1.57. The summed E-state index contributed by atoms with van der Waals surface area (Å²) in [5.41, 5.74) is 1.42. The van der Waals surface area contributed by atoms with Gasteiger partial charge in [0.25, 0.3) is 0 Å². The van der Waals surface area contributed by atoms with Crippen molar-refractivity contribution in [2.45, 2.75) is 20.3 Å². The van der Waals surface area contributed by atoms with Crippen molar-refractivity contribution in [2.24, 2.45) is 0 Å². The predicted octanol–water partition coefficient (Wildman–Crippen LogP) is 2.31. The van der Waals surface area contributed by atoms with E-state index < -0.39 is 5.97 Å². The molecule has 1 aromatic rings. The monoisotopic (exact) mass is 233 g/mol. The van der Waals surface area contributed by atoms with Gasteiger partial charge in [0, 0.05) is 0 Å². The summed E-state index contributed by atoms with van der Waals surface area (Å²) in [5.74, 6) is 0.0709. The molecule has 0 aliphatic rings. The molecule has 1 rings (SSSR count). The Kier molecular flexibility index (Phi) is 4.53. The molecule has 0 N–H and O–H groups in total. The fourth-order valence-corrected chi connectivity index (χ4v) is 1.57. The number of nitriles is 1. The zero-order valence-electron chi connectivity index (χ0n) is 10.2. The minimum Gasteiger partial charge on any atom is -0.497 e. The molecule has 0 heterocycles. The van der Waals surface area contributed by atoms with Gasteiger partial charge in [-0.15, -0.1) is 0 Å². The van der Waals surface area contributed by atoms with Crippen LogP contribution in [-0.2, 0) is 11.2 Å². The first kappa shape index (κ1) is 13.0. The number of hydrogen-bond donors (Lipinski definition) is 0. The number of esters is 1. The third-order valence-corrected chi connectivity index (χ3v) is 2.42. The molecule has 0 saturated carbocycles. The third-order valence-electron chi connectivity index (χ3n) is 2.42. The Morgan fingerprint density at radius 1 is 1.41 bits per heavy atom. The summed E-state index contributed by atoms with van der Waals surface area (Å²) in [6.07, 6.45) is 0.659. The molecule has 0 radical (unpaired) electrons. The minimum atomic E-state index is -0.488. The van der Waals surface area contributed by atoms with Crippen molar-refractivity contribution in [2.75, 3.05) is 13.7 Å². The lowest BCUT2D eigenvalue weighted by Crippen LogP contribution is -2.09. The van der Waals surface area contributed by atoms with Crippen LogP contribution in [0.3, 0.4) is 0 Å². The van der Waals surface area contributed by atoms with Crippen LogP contribution in [0, 0.1) is 11.3 Å². The van der Waals surface area contributed by atoms with Crippen LogP contribution < -0.4 is 4.74 Å². The van der Waals surface area contributed by atoms with Crippen LogP contribution in [0.25, 0.3) is 0 Å². The molecule has 4 heteroatoms. The Morgan fingerprint density at radius 2 is 2.12 bits per heavy atom. The highest BCUT2D eigenvalue weighted by Gasteiger charge is 2.17. The van der Waals surface area contributed by atoms with Crippen LogP contribution in [0.4, 0.5) is 0 Å². The van der Waals surface area contributed by atoms with E-state index >= 15 is 0 Å². The van der Waals surface area contributed by atoms with E-state index in [4.69, 9.17) is 14.7 Å². The van der Waals surface area contributed by atoms with Crippen molar-refractivity contribution >= 4 is 5.97 Å². The van der Waals surface area contributed by atoms with Gasteiger partial charge < -0.3 is 9.47 Å². The SMILES string of the molecule is CCOC(=O)c1cc(OC)cc(CC)c1C#N. The highest BCUT2D eigenvalue weighted by atomic mass is 16.5. The molecule has 0 bridgehead atoms. The molecule has 0 unspecified atom stereocenters. The van der Waals surface area contributed by atoms with E-state index in [1.54, 1.807) is 13.0 Å². The zero-order chi connectivity index (χ0) is 12.8. The van der Waals surface area contributed by atoms with Crippen molar-refractivity contribution in [3.05, 3.63) is 28.8 Å². The molecule has 0 aliphatic carbocycles. The first-order valence-corrected chi connectivity index (χ1v) is 5.46. The molecule has 4 nitrogen and oxygen atoms in total. The van der Waals surface area contributed by atoms with Gasteiger partial charge >= 0.3 is 5.97 Å². The summed E-state index contributed by atoms with van der Waals surface area (Å²) in [6, 6.07) is 5.35. The van der Waals surface area contributed by atoms with E-state index in [0.29, 0.717) is 17.7 Å². The molecule has 0 fully saturated rings. The third kappa shape index (κ3) is 2.76. The normalized spacial score (nSPS) is 9.53. The van der Waals surface area contributed by atoms with Gasteiger partial charge in [-0.1, -0.05) is 6.92 Å². The molecular formula is C13H15NO3. The standard InChI is InChI=1S/C13H15NO3/c1-4-9-6-10(16-3)7-11(12(9)8-14)13(15)17-5-2/h6-7H,4-5H2,1-3H3. The van der Waals surface area contributed by atoms with Gasteiger partial charge in [-0.2, -0.15) is 5.26 Å². The molecule has 90 valence electrons. The molecular weight excluding hydrogens is 218 g/mol. The van der Waals surface area contributed by atoms with Crippen LogP contribution in [0.5, 0.6) is 5.75 Å². The number of nitrogens with zero attached hydrogens (tertiary/aromatic N) is 1. The van der Waals surface area contributed by atoms with Gasteiger partial charge in [0.15, 0.2) is 0 Å². The van der Waals surface area contributed by atoms with Gasteiger partial charge in [0.05, 0.1) is 24.8 Å². The van der Waals surface area contributed by atoms with Crippen LogP contribution in [0.1, 0.15) is 35.3 Å². The Balaban J connectivity index is 3.35. The van der Waals surface area contributed by atoms with Crippen LogP contribution in [0.2, 0.25) is 0 Å². The number of rotatable bonds is 4. The van der Waals surface area contributed by atoms with E-state index in [-0.39, 0.29) is 12.2 Å². The maximum Gasteiger partial charge on any atom is 0.339 e. The van der Waals surface area contributed by atoms with Crippen molar-refractivity contribution in [1.82, 2.24) is 0 Å². The van der Waals surface area contributed by atoms with Gasteiger partial charge in [-0.25, -0.2) is 4.79 Å². The lowest BCUT2D eigenvalue weighted by atomic mass is 9.99. The number of hydrogen-bond acceptors (Lipinski definition) is 4. The fraction of sp³-hybridized carbons (Fsp3) is 0.385. The second kappa shape index (κ2) is 5.90. The molecule has 1 aromatic carbocycles. The van der Waals surface area contributed by atoms with E-state index in [9.17, 15) is 4.79 Å². The average Bonchev–Trinajstić information content (AvgIpc) is 2.37. The summed E-state index contributed by atoms with van der Waals surface area (Å²) in [4.78, 5) is 11.7. The molecule has 0 saturated heterocycles. The summed E-state index contributed by atoms with van der Waals surface area (Å²) in [5, 5.41) is 9.11. The molecule has 0 aliphatic heterocycles. The number of carbonyl (C=O) groups is 1. The Morgan fingerprint density at radius 3 is 2.59 bits per heavy atom. The summed E-state index contributed by atoms with van der Waals surface area (Å²) < 4.78 is 10.0. The molecule has 0 aromatic heterocycles. The topological polar surface area (TPSA) is 59.3 Å². The van der Waals surface area contributed by atoms with Gasteiger partial charge in [0.2, 0.25) is 0 Å². The zero-order valence-corrected chi connectivity index (χ0v) is 10.2. The number of benzene rings is 1. The second-order valence-corrected chi connectivity index (χ2v) is 3.39. The largest absolute Gasteiger partial charge is 0.497 e. The summed E-state index contributed by atoms with van der Waals surface area (Å²) in [6.45, 7) is 3.93. The summed E-state index contributed by atoms with van der Waals surface area (Å²) >= 11 is 0. The molecule has 0 atom stereocenters. The van der Waals surface area contributed by atoms with Crippen LogP contribution in [0.15, 0.2) is 12.1 Å². The molecule has 0 amide bonds. The number of carbonyl (C=O) groups excluding carboxylic acids is 1. The van der Waals surface area contributed by atoms with E-state index in [1.807, 2.05) is 13.0 Å². The maximum absolute atomic E-state index is 11.7. The highest BCUT2D eigenvalue weighted by Crippen LogP contribution is 2.23. The minimum absolute atomic E-state index is 0.269. The van der Waals surface area contributed by atoms with E-state index in [2.05, 4.69) is 0 Å². The predicted molar refractivity (Wildman–Crippen MR) is 63.0 cm³/mol. The first-order valence-electron chi connectivity index (χ1n) is 5.46. The Hall–Kier alpha value is -2.02. The quantitative estimate of drug-likeness (QED) is 0.749. The lowest BCUT2D eigenvalue weighted by molar-refractivity contribution is 0.0525. The van der Waals surface area contributed by atoms with Crippen LogP contribution >= 0.6 is 0 Å². The highest BCUT2D eigenvalue weighted by molar-refractivity contribution is 5.93. The Bertz CT molecular complexity index is 460. The number of methoxy groups -OCH3 is 1. The van der Waals surface area contributed by atoms with Crippen molar-refractivity contribution < 1.29 is 14.3 Å². The first-order chi connectivity index (χ1) is 8.17. The Labute approximate surface area is 101 Å². The second-order valence-electron chi connectivity index (χ2n) is 3.39. The van der Waals surface area contributed by atoms with Crippen molar-refractivity contribution in [3.63, 3.8) is 0 Å². The average molecular weight is 233 g/mol. The van der Waals surface area contributed by atoms with E-state index in [1.165, 1.54) is 13.2 Å². The number of ether oxygens (including phenoxy) is 2. The van der Waals surface area contributed by atoms with Gasteiger partial charge in [0.1, 0.15) is 11.8 Å². The van der Waals surface area contributed by atoms with Crippen molar-refractivity contribution in [3.8, 4) is 11.8 Å². The van der Waals surface area contributed by atoms with Gasteiger partial charge in [-0.05, 0) is 31.0 Å². The smallest absolute Gasteiger partial charge is 0.339 e. The van der Waals surface area contributed by atoms with E-state index in [0.717, 1.165) is 5.56 Å². The number of aryl methyl sites for hydroxylation is 1. The summed E-state index contributed by atoms with van der Waals surface area (Å²) in [7, 11) is 1.52. The molecule has 17 heavy (non-hydrogen) atoms.